The van der Waals surface area contributed by atoms with Crippen LogP contribution in [0.4, 0.5) is 0 Å². The Kier molecular flexibility index (Phi) is 4.74. The molecule has 0 aliphatic rings. The van der Waals surface area contributed by atoms with Crippen LogP contribution in [0.1, 0.15) is 6.42 Å². The van der Waals surface area contributed by atoms with Crippen LogP contribution in [-0.2, 0) is 0 Å². The van der Waals surface area contributed by atoms with E-state index in [2.05, 4.69) is 9.97 Å². The molecule has 0 saturated heterocycles. The Labute approximate surface area is 81.6 Å². The molecule has 1 unspecified atom stereocenters. The van der Waals surface area contributed by atoms with Crippen LogP contribution in [0.5, 0.6) is 0 Å². The largest absolute Gasteiger partial charge is 0.395 e. The van der Waals surface area contributed by atoms with E-state index in [0.29, 0.717) is 0 Å². The van der Waals surface area contributed by atoms with Gasteiger partial charge in [-0.1, -0.05) is 0 Å². The molecule has 1 aromatic rings. The second-order valence-corrected chi connectivity index (χ2v) is 3.74. The number of nitrogens with two attached hydrogens (primary N) is 1. The average Bonchev–Trinajstić information content (AvgIpc) is 2.19. The number of aliphatic hydroxyl groups excluding tert-OH is 1. The van der Waals surface area contributed by atoms with Crippen molar-refractivity contribution in [2.75, 3.05) is 12.4 Å². The molecule has 1 heterocycles. The molecule has 1 atom stereocenters. The SMILES string of the molecule is NC(CO)CCSc1ccncn1. The summed E-state index contributed by atoms with van der Waals surface area (Å²) in [6, 6.07) is 1.74. The van der Waals surface area contributed by atoms with Gasteiger partial charge in [-0.2, -0.15) is 0 Å². The van der Waals surface area contributed by atoms with E-state index in [0.717, 1.165) is 17.2 Å². The van der Waals surface area contributed by atoms with Crippen LogP contribution in [0.25, 0.3) is 0 Å². The second-order valence-electron chi connectivity index (χ2n) is 2.63. The zero-order valence-corrected chi connectivity index (χ0v) is 8.07. The summed E-state index contributed by atoms with van der Waals surface area (Å²) in [5.74, 6) is 0.874. The highest BCUT2D eigenvalue weighted by atomic mass is 32.2. The van der Waals surface area contributed by atoms with Crippen LogP contribution in [0, 0.1) is 0 Å². The van der Waals surface area contributed by atoms with Crippen molar-refractivity contribution in [3.8, 4) is 0 Å². The summed E-state index contributed by atoms with van der Waals surface area (Å²) < 4.78 is 0. The molecule has 0 aliphatic carbocycles. The van der Waals surface area contributed by atoms with Gasteiger partial charge >= 0.3 is 0 Å². The molecule has 0 bridgehead atoms. The van der Waals surface area contributed by atoms with Crippen molar-refractivity contribution in [3.05, 3.63) is 18.6 Å². The van der Waals surface area contributed by atoms with Crippen LogP contribution >= 0.6 is 11.8 Å². The van der Waals surface area contributed by atoms with Crippen molar-refractivity contribution in [2.45, 2.75) is 17.5 Å². The highest BCUT2D eigenvalue weighted by molar-refractivity contribution is 7.99. The molecule has 5 heteroatoms. The molecule has 0 radical (unpaired) electrons. The number of hydrogen-bond donors (Lipinski definition) is 2. The average molecular weight is 199 g/mol. The minimum absolute atomic E-state index is 0.0460. The molecule has 0 saturated carbocycles. The zero-order chi connectivity index (χ0) is 9.52. The third kappa shape index (κ3) is 4.21. The normalized spacial score (nSPS) is 12.8. The fourth-order valence-corrected chi connectivity index (χ4v) is 1.68. The van der Waals surface area contributed by atoms with Crippen molar-refractivity contribution in [1.82, 2.24) is 9.97 Å². The van der Waals surface area contributed by atoms with E-state index < -0.39 is 0 Å². The molecule has 1 aromatic heterocycles. The molecule has 0 spiro atoms. The van der Waals surface area contributed by atoms with Gasteiger partial charge in [-0.05, 0) is 12.5 Å². The first-order valence-electron chi connectivity index (χ1n) is 4.08. The monoisotopic (exact) mass is 199 g/mol. The summed E-state index contributed by atoms with van der Waals surface area (Å²) in [7, 11) is 0. The number of aliphatic hydroxyl groups is 1. The van der Waals surface area contributed by atoms with Gasteiger partial charge in [0.15, 0.2) is 0 Å². The van der Waals surface area contributed by atoms with Gasteiger partial charge < -0.3 is 10.8 Å². The van der Waals surface area contributed by atoms with E-state index in [1.165, 1.54) is 6.33 Å². The van der Waals surface area contributed by atoms with Crippen LogP contribution in [0.15, 0.2) is 23.6 Å². The Balaban J connectivity index is 2.20. The summed E-state index contributed by atoms with van der Waals surface area (Å²) >= 11 is 1.62. The standard InChI is InChI=1S/C8H13N3OS/c9-7(5-12)2-4-13-8-1-3-10-6-11-8/h1,3,6-7,12H,2,4-5,9H2. The highest BCUT2D eigenvalue weighted by Gasteiger charge is 2.00. The molecular weight excluding hydrogens is 186 g/mol. The topological polar surface area (TPSA) is 72.0 Å². The smallest absolute Gasteiger partial charge is 0.116 e. The van der Waals surface area contributed by atoms with Crippen molar-refractivity contribution in [2.24, 2.45) is 5.73 Å². The fraction of sp³-hybridized carbons (Fsp3) is 0.500. The first kappa shape index (κ1) is 10.4. The minimum Gasteiger partial charge on any atom is -0.395 e. The maximum atomic E-state index is 8.67. The predicted molar refractivity (Wildman–Crippen MR) is 52.4 cm³/mol. The van der Waals surface area contributed by atoms with Crippen LogP contribution < -0.4 is 5.73 Å². The van der Waals surface area contributed by atoms with Gasteiger partial charge in [0, 0.05) is 18.0 Å². The summed E-state index contributed by atoms with van der Waals surface area (Å²) in [6.07, 6.45) is 4.03. The molecule has 1 rings (SSSR count). The maximum absolute atomic E-state index is 8.67. The molecule has 0 amide bonds. The van der Waals surface area contributed by atoms with Gasteiger partial charge in [-0.15, -0.1) is 11.8 Å². The number of thioether (sulfide) groups is 1. The number of aromatic nitrogens is 2. The molecule has 0 aromatic carbocycles. The predicted octanol–water partition coefficient (Wildman–Crippen LogP) is 0.278. The fourth-order valence-electron chi connectivity index (χ4n) is 0.770. The lowest BCUT2D eigenvalue weighted by atomic mass is 10.3. The quantitative estimate of drug-likeness (QED) is 0.526. The lowest BCUT2D eigenvalue weighted by Gasteiger charge is -2.06. The van der Waals surface area contributed by atoms with Crippen LogP contribution in [-0.4, -0.2) is 33.5 Å². The Morgan fingerprint density at radius 1 is 1.62 bits per heavy atom. The zero-order valence-electron chi connectivity index (χ0n) is 7.26. The summed E-state index contributed by atoms with van der Waals surface area (Å²) in [5.41, 5.74) is 5.54. The van der Waals surface area contributed by atoms with Crippen molar-refractivity contribution >= 4 is 11.8 Å². The number of hydrogen-bond acceptors (Lipinski definition) is 5. The summed E-state index contributed by atoms with van der Waals surface area (Å²) in [4.78, 5) is 7.87. The summed E-state index contributed by atoms with van der Waals surface area (Å²) in [5, 5.41) is 9.62. The van der Waals surface area contributed by atoms with E-state index in [1.54, 1.807) is 18.0 Å². The van der Waals surface area contributed by atoms with Crippen LogP contribution in [0.2, 0.25) is 0 Å². The Morgan fingerprint density at radius 2 is 2.46 bits per heavy atom. The Morgan fingerprint density at radius 3 is 3.08 bits per heavy atom. The Hall–Kier alpha value is -0.650. The van der Waals surface area contributed by atoms with E-state index in [9.17, 15) is 0 Å². The summed E-state index contributed by atoms with van der Waals surface area (Å²) in [6.45, 7) is 0.0460. The van der Waals surface area contributed by atoms with E-state index in [1.807, 2.05) is 6.07 Å². The van der Waals surface area contributed by atoms with Gasteiger partial charge in [0.05, 0.1) is 11.6 Å². The molecule has 3 N–H and O–H groups in total. The second kappa shape index (κ2) is 5.90. The molecule has 72 valence electrons. The minimum atomic E-state index is -0.116. The van der Waals surface area contributed by atoms with Crippen LogP contribution in [0.3, 0.4) is 0 Å². The highest BCUT2D eigenvalue weighted by Crippen LogP contribution is 2.14. The molecular formula is C8H13N3OS. The van der Waals surface area contributed by atoms with Gasteiger partial charge in [0.1, 0.15) is 6.33 Å². The molecule has 0 fully saturated rings. The van der Waals surface area contributed by atoms with Gasteiger partial charge in [-0.3, -0.25) is 0 Å². The van der Waals surface area contributed by atoms with E-state index in [-0.39, 0.29) is 12.6 Å². The van der Waals surface area contributed by atoms with Gasteiger partial charge in [0.25, 0.3) is 0 Å². The lowest BCUT2D eigenvalue weighted by molar-refractivity contribution is 0.264. The van der Waals surface area contributed by atoms with Gasteiger partial charge in [0.2, 0.25) is 0 Å². The number of nitrogens with zero attached hydrogens (tertiary/aromatic N) is 2. The number of rotatable bonds is 5. The third-order valence-corrected chi connectivity index (χ3v) is 2.51. The van der Waals surface area contributed by atoms with Crippen molar-refractivity contribution < 1.29 is 5.11 Å². The van der Waals surface area contributed by atoms with E-state index >= 15 is 0 Å². The molecule has 13 heavy (non-hydrogen) atoms. The third-order valence-electron chi connectivity index (χ3n) is 1.53. The van der Waals surface area contributed by atoms with E-state index in [4.69, 9.17) is 10.8 Å². The van der Waals surface area contributed by atoms with Crippen molar-refractivity contribution in [1.29, 1.82) is 0 Å². The van der Waals surface area contributed by atoms with Gasteiger partial charge in [-0.25, -0.2) is 9.97 Å². The maximum Gasteiger partial charge on any atom is 0.116 e. The first-order valence-corrected chi connectivity index (χ1v) is 5.06. The van der Waals surface area contributed by atoms with Crippen molar-refractivity contribution in [3.63, 3.8) is 0 Å². The lowest BCUT2D eigenvalue weighted by Crippen LogP contribution is -2.24. The first-order chi connectivity index (χ1) is 6.33. The molecule has 4 nitrogen and oxygen atoms in total. The Bertz CT molecular complexity index is 232. The molecule has 0 aliphatic heterocycles.